The number of carbonyl (C=O) groups is 1. The minimum atomic E-state index is -0.494. The van der Waals surface area contributed by atoms with Crippen molar-refractivity contribution in [2.45, 2.75) is 19.0 Å². The van der Waals surface area contributed by atoms with Crippen LogP contribution in [0.15, 0.2) is 97.1 Å². The molecule has 4 nitrogen and oxygen atoms in total. The number of anilines is 2. The summed E-state index contributed by atoms with van der Waals surface area (Å²) < 4.78 is 0. The van der Waals surface area contributed by atoms with Crippen molar-refractivity contribution in [1.82, 2.24) is 0 Å². The van der Waals surface area contributed by atoms with Crippen molar-refractivity contribution in [2.24, 2.45) is 0 Å². The Balaban J connectivity index is 1.55. The lowest BCUT2D eigenvalue weighted by molar-refractivity contribution is -0.125. The highest BCUT2D eigenvalue weighted by Gasteiger charge is 2.37. The Labute approximate surface area is 175 Å². The SMILES string of the molecule is O=C1[C@@H](Cc2ccc3ccccc3c2)N(Cc2ccccc2)c2ccccc2N1O. The van der Waals surface area contributed by atoms with Crippen LogP contribution in [-0.2, 0) is 17.8 Å². The second kappa shape index (κ2) is 7.65. The van der Waals surface area contributed by atoms with E-state index >= 15 is 0 Å². The van der Waals surface area contributed by atoms with Gasteiger partial charge in [-0.3, -0.25) is 10.0 Å². The minimum Gasteiger partial charge on any atom is -0.353 e. The monoisotopic (exact) mass is 394 g/mol. The third-order valence-corrected chi connectivity index (χ3v) is 5.73. The van der Waals surface area contributed by atoms with Crippen LogP contribution in [0.5, 0.6) is 0 Å². The molecule has 148 valence electrons. The highest BCUT2D eigenvalue weighted by Crippen LogP contribution is 2.37. The Morgan fingerprint density at radius 3 is 2.17 bits per heavy atom. The van der Waals surface area contributed by atoms with Gasteiger partial charge in [0.2, 0.25) is 0 Å². The molecule has 1 heterocycles. The van der Waals surface area contributed by atoms with Crippen molar-refractivity contribution >= 4 is 28.1 Å². The molecule has 0 saturated heterocycles. The van der Waals surface area contributed by atoms with Gasteiger partial charge in [-0.15, -0.1) is 0 Å². The Morgan fingerprint density at radius 1 is 0.700 bits per heavy atom. The molecule has 0 aromatic heterocycles. The fourth-order valence-electron chi connectivity index (χ4n) is 4.21. The van der Waals surface area contributed by atoms with E-state index in [2.05, 4.69) is 47.4 Å². The Kier molecular flexibility index (Phi) is 4.69. The zero-order chi connectivity index (χ0) is 20.5. The predicted octanol–water partition coefficient (Wildman–Crippen LogP) is 5.19. The maximum atomic E-state index is 13.2. The second-order valence-electron chi connectivity index (χ2n) is 7.65. The third-order valence-electron chi connectivity index (χ3n) is 5.73. The van der Waals surface area contributed by atoms with Crippen molar-refractivity contribution in [1.29, 1.82) is 0 Å². The third kappa shape index (κ3) is 3.31. The van der Waals surface area contributed by atoms with E-state index in [1.54, 1.807) is 6.07 Å². The van der Waals surface area contributed by atoms with Gasteiger partial charge in [0.1, 0.15) is 6.04 Å². The molecule has 0 aliphatic carbocycles. The number of hydroxylamine groups is 1. The molecular formula is C26H22N2O2. The lowest BCUT2D eigenvalue weighted by Gasteiger charge is -2.40. The van der Waals surface area contributed by atoms with Crippen molar-refractivity contribution in [3.05, 3.63) is 108 Å². The topological polar surface area (TPSA) is 43.8 Å². The zero-order valence-electron chi connectivity index (χ0n) is 16.5. The van der Waals surface area contributed by atoms with Crippen LogP contribution in [0.4, 0.5) is 11.4 Å². The second-order valence-corrected chi connectivity index (χ2v) is 7.65. The van der Waals surface area contributed by atoms with E-state index in [0.29, 0.717) is 18.7 Å². The van der Waals surface area contributed by atoms with Gasteiger partial charge in [-0.2, -0.15) is 5.06 Å². The summed E-state index contributed by atoms with van der Waals surface area (Å²) in [6.45, 7) is 0.593. The standard InChI is InChI=1S/C26H22N2O2/c29-26-25(17-20-14-15-21-10-4-5-11-22(21)16-20)27(18-19-8-2-1-3-9-19)23-12-6-7-13-24(23)28(26)30/h1-16,25,30H,17-18H2/t25-/m1/s1. The van der Waals surface area contributed by atoms with Gasteiger partial charge in [0.05, 0.1) is 11.4 Å². The number of carbonyl (C=O) groups excluding carboxylic acids is 1. The molecule has 4 aromatic rings. The molecule has 0 bridgehead atoms. The molecule has 1 atom stereocenters. The molecule has 5 rings (SSSR count). The van der Waals surface area contributed by atoms with Crippen LogP contribution in [-0.4, -0.2) is 17.2 Å². The van der Waals surface area contributed by atoms with E-state index in [4.69, 9.17) is 0 Å². The quantitative estimate of drug-likeness (QED) is 0.484. The molecule has 0 radical (unpaired) electrons. The van der Waals surface area contributed by atoms with Crippen LogP contribution in [0, 0.1) is 0 Å². The van der Waals surface area contributed by atoms with E-state index in [1.807, 2.05) is 48.5 Å². The lowest BCUT2D eigenvalue weighted by Crippen LogP contribution is -2.53. The van der Waals surface area contributed by atoms with Gasteiger partial charge < -0.3 is 4.90 Å². The van der Waals surface area contributed by atoms with Crippen molar-refractivity contribution < 1.29 is 10.0 Å². The first-order valence-corrected chi connectivity index (χ1v) is 10.1. The number of rotatable bonds is 4. The van der Waals surface area contributed by atoms with E-state index in [-0.39, 0.29) is 5.91 Å². The molecule has 4 heteroatoms. The fourth-order valence-corrected chi connectivity index (χ4v) is 4.21. The highest BCUT2D eigenvalue weighted by molar-refractivity contribution is 6.04. The first-order chi connectivity index (χ1) is 14.7. The maximum Gasteiger partial charge on any atom is 0.273 e. The normalized spacial score (nSPS) is 16.0. The molecule has 0 saturated carbocycles. The maximum absolute atomic E-state index is 13.2. The average molecular weight is 394 g/mol. The summed E-state index contributed by atoms with van der Waals surface area (Å²) in [6, 6.07) is 31.6. The fraction of sp³-hybridized carbons (Fsp3) is 0.115. The molecular weight excluding hydrogens is 372 g/mol. The number of hydrogen-bond donors (Lipinski definition) is 1. The number of nitrogens with zero attached hydrogens (tertiary/aromatic N) is 2. The van der Waals surface area contributed by atoms with Gasteiger partial charge in [-0.25, -0.2) is 0 Å². The van der Waals surface area contributed by atoms with Crippen LogP contribution in [0.25, 0.3) is 10.8 Å². The number of benzene rings is 4. The number of hydrogen-bond acceptors (Lipinski definition) is 3. The summed E-state index contributed by atoms with van der Waals surface area (Å²) in [7, 11) is 0. The molecule has 1 aliphatic rings. The molecule has 1 aliphatic heterocycles. The largest absolute Gasteiger partial charge is 0.353 e. The summed E-state index contributed by atoms with van der Waals surface area (Å²) in [4.78, 5) is 15.3. The summed E-state index contributed by atoms with van der Waals surface area (Å²) in [5.74, 6) is -0.308. The van der Waals surface area contributed by atoms with E-state index in [0.717, 1.165) is 27.3 Å². The number of para-hydroxylation sites is 2. The van der Waals surface area contributed by atoms with E-state index < -0.39 is 6.04 Å². The highest BCUT2D eigenvalue weighted by atomic mass is 16.5. The van der Waals surface area contributed by atoms with Crippen molar-refractivity contribution in [2.75, 3.05) is 9.96 Å². The lowest BCUT2D eigenvalue weighted by atomic mass is 9.97. The van der Waals surface area contributed by atoms with Crippen LogP contribution in [0.3, 0.4) is 0 Å². The summed E-state index contributed by atoms with van der Waals surface area (Å²) >= 11 is 0. The van der Waals surface area contributed by atoms with Crippen molar-refractivity contribution in [3.8, 4) is 0 Å². The molecule has 1 amide bonds. The molecule has 0 unspecified atom stereocenters. The predicted molar refractivity (Wildman–Crippen MR) is 120 cm³/mol. The first-order valence-electron chi connectivity index (χ1n) is 10.1. The summed E-state index contributed by atoms with van der Waals surface area (Å²) in [5.41, 5.74) is 3.57. The summed E-state index contributed by atoms with van der Waals surface area (Å²) in [5, 5.41) is 13.7. The van der Waals surface area contributed by atoms with Crippen LogP contribution in [0.1, 0.15) is 11.1 Å². The van der Waals surface area contributed by atoms with Crippen molar-refractivity contribution in [3.63, 3.8) is 0 Å². The van der Waals surface area contributed by atoms with Gasteiger partial charge in [0, 0.05) is 13.0 Å². The van der Waals surface area contributed by atoms with Gasteiger partial charge >= 0.3 is 0 Å². The Morgan fingerprint density at radius 2 is 1.37 bits per heavy atom. The first kappa shape index (κ1) is 18.4. The summed E-state index contributed by atoms with van der Waals surface area (Å²) in [6.07, 6.45) is 0.516. The van der Waals surface area contributed by atoms with Gasteiger partial charge in [-0.05, 0) is 34.0 Å². The van der Waals surface area contributed by atoms with Gasteiger partial charge in [-0.1, -0.05) is 84.9 Å². The van der Waals surface area contributed by atoms with Crippen LogP contribution >= 0.6 is 0 Å². The molecule has 1 N–H and O–H groups in total. The molecule has 0 spiro atoms. The Hall–Kier alpha value is -3.63. The minimum absolute atomic E-state index is 0.308. The molecule has 0 fully saturated rings. The molecule has 4 aromatic carbocycles. The van der Waals surface area contributed by atoms with E-state index in [9.17, 15) is 10.0 Å². The molecule has 30 heavy (non-hydrogen) atoms. The van der Waals surface area contributed by atoms with E-state index in [1.165, 1.54) is 5.39 Å². The Bertz CT molecular complexity index is 1210. The number of amides is 1. The van der Waals surface area contributed by atoms with Crippen LogP contribution < -0.4 is 9.96 Å². The smallest absolute Gasteiger partial charge is 0.273 e. The number of fused-ring (bicyclic) bond motifs is 2. The van der Waals surface area contributed by atoms with Gasteiger partial charge in [0.15, 0.2) is 0 Å². The zero-order valence-corrected chi connectivity index (χ0v) is 16.5. The van der Waals surface area contributed by atoms with Gasteiger partial charge in [0.25, 0.3) is 5.91 Å². The van der Waals surface area contributed by atoms with Crippen LogP contribution in [0.2, 0.25) is 0 Å². The average Bonchev–Trinajstić information content (AvgIpc) is 2.80.